The maximum absolute atomic E-state index is 11.4. The molecule has 4 nitrogen and oxygen atoms in total. The Morgan fingerprint density at radius 2 is 2.36 bits per heavy atom. The number of carbonyl (C=O) groups excluding carboxylic acids is 1. The highest BCUT2D eigenvalue weighted by atomic mass is 16.5. The fraction of sp³-hybridized carbons (Fsp3) is 0.400. The summed E-state index contributed by atoms with van der Waals surface area (Å²) in [6.07, 6.45) is 1.43. The van der Waals surface area contributed by atoms with Gasteiger partial charge in [0.1, 0.15) is 0 Å². The van der Waals surface area contributed by atoms with Crippen molar-refractivity contribution in [3.05, 3.63) is 29.1 Å². The van der Waals surface area contributed by atoms with E-state index < -0.39 is 5.97 Å². The topological polar surface area (TPSA) is 59.4 Å². The van der Waals surface area contributed by atoms with E-state index in [2.05, 4.69) is 4.98 Å². The number of aryl methyl sites for hydroxylation is 1. The molecular formula is C10H13NO3. The van der Waals surface area contributed by atoms with Crippen LogP contribution in [-0.4, -0.2) is 22.7 Å². The van der Waals surface area contributed by atoms with Crippen molar-refractivity contribution in [2.75, 3.05) is 6.61 Å². The summed E-state index contributed by atoms with van der Waals surface area (Å²) in [4.78, 5) is 15.3. The standard InChI is InChI=1S/C10H13NO3/c1-3-14-10(13)9-5-11-7(2)4-8(9)6-12/h4-5,12H,3,6H2,1-2H3. The van der Waals surface area contributed by atoms with Gasteiger partial charge in [-0.2, -0.15) is 0 Å². The molecule has 0 aliphatic heterocycles. The van der Waals surface area contributed by atoms with E-state index in [9.17, 15) is 4.79 Å². The molecular weight excluding hydrogens is 182 g/mol. The third kappa shape index (κ3) is 2.29. The molecule has 1 aromatic heterocycles. The second kappa shape index (κ2) is 4.72. The van der Waals surface area contributed by atoms with E-state index in [0.717, 1.165) is 5.69 Å². The summed E-state index contributed by atoms with van der Waals surface area (Å²) < 4.78 is 4.82. The quantitative estimate of drug-likeness (QED) is 0.732. The minimum Gasteiger partial charge on any atom is -0.462 e. The number of esters is 1. The zero-order valence-electron chi connectivity index (χ0n) is 8.28. The Morgan fingerprint density at radius 3 is 2.93 bits per heavy atom. The highest BCUT2D eigenvalue weighted by Crippen LogP contribution is 2.10. The SMILES string of the molecule is CCOC(=O)c1cnc(C)cc1CO. The first kappa shape index (κ1) is 10.7. The number of hydrogen-bond donors (Lipinski definition) is 1. The van der Waals surface area contributed by atoms with E-state index in [4.69, 9.17) is 9.84 Å². The van der Waals surface area contributed by atoms with Crippen molar-refractivity contribution in [1.82, 2.24) is 4.98 Å². The maximum Gasteiger partial charge on any atom is 0.340 e. The van der Waals surface area contributed by atoms with E-state index in [1.165, 1.54) is 6.20 Å². The molecule has 0 saturated carbocycles. The van der Waals surface area contributed by atoms with Gasteiger partial charge >= 0.3 is 5.97 Å². The Hall–Kier alpha value is -1.42. The molecule has 0 saturated heterocycles. The first-order chi connectivity index (χ1) is 6.69. The Balaban J connectivity index is 3.01. The Labute approximate surface area is 82.5 Å². The molecule has 0 atom stereocenters. The lowest BCUT2D eigenvalue weighted by Gasteiger charge is -2.06. The van der Waals surface area contributed by atoms with Crippen LogP contribution >= 0.6 is 0 Å². The van der Waals surface area contributed by atoms with Crippen LogP contribution in [0.25, 0.3) is 0 Å². The fourth-order valence-corrected chi connectivity index (χ4v) is 1.14. The van der Waals surface area contributed by atoms with Gasteiger partial charge in [0, 0.05) is 11.9 Å². The van der Waals surface area contributed by atoms with Crippen LogP contribution in [0.4, 0.5) is 0 Å². The average molecular weight is 195 g/mol. The number of hydrogen-bond acceptors (Lipinski definition) is 4. The number of rotatable bonds is 3. The van der Waals surface area contributed by atoms with Crippen LogP contribution in [0.1, 0.15) is 28.5 Å². The summed E-state index contributed by atoms with van der Waals surface area (Å²) in [6.45, 7) is 3.67. The number of ether oxygens (including phenoxy) is 1. The fourth-order valence-electron chi connectivity index (χ4n) is 1.14. The van der Waals surface area contributed by atoms with Crippen LogP contribution in [-0.2, 0) is 11.3 Å². The number of carbonyl (C=O) groups is 1. The molecule has 1 heterocycles. The molecule has 1 aromatic rings. The molecule has 4 heteroatoms. The number of aliphatic hydroxyl groups is 1. The van der Waals surface area contributed by atoms with E-state index in [0.29, 0.717) is 17.7 Å². The molecule has 0 bridgehead atoms. The average Bonchev–Trinajstić information content (AvgIpc) is 2.17. The van der Waals surface area contributed by atoms with Gasteiger partial charge in [0.05, 0.1) is 18.8 Å². The first-order valence-electron chi connectivity index (χ1n) is 4.42. The largest absolute Gasteiger partial charge is 0.462 e. The third-order valence-corrected chi connectivity index (χ3v) is 1.79. The molecule has 0 aliphatic carbocycles. The van der Waals surface area contributed by atoms with Gasteiger partial charge in [0.25, 0.3) is 0 Å². The van der Waals surface area contributed by atoms with Crippen LogP contribution in [0, 0.1) is 6.92 Å². The van der Waals surface area contributed by atoms with Gasteiger partial charge in [-0.1, -0.05) is 0 Å². The van der Waals surface area contributed by atoms with Crippen LogP contribution in [0.15, 0.2) is 12.3 Å². The summed E-state index contributed by atoms with van der Waals surface area (Å²) in [5, 5.41) is 9.02. The normalized spacial score (nSPS) is 9.93. The predicted octanol–water partition coefficient (Wildman–Crippen LogP) is 1.06. The number of pyridine rings is 1. The lowest BCUT2D eigenvalue weighted by atomic mass is 10.1. The summed E-state index contributed by atoms with van der Waals surface area (Å²) in [5.41, 5.74) is 1.65. The van der Waals surface area contributed by atoms with E-state index in [-0.39, 0.29) is 6.61 Å². The van der Waals surface area contributed by atoms with Crippen molar-refractivity contribution in [3.8, 4) is 0 Å². The third-order valence-electron chi connectivity index (χ3n) is 1.79. The van der Waals surface area contributed by atoms with Crippen molar-refractivity contribution in [3.63, 3.8) is 0 Å². The highest BCUT2D eigenvalue weighted by Gasteiger charge is 2.12. The Kier molecular flexibility index (Phi) is 3.59. The molecule has 0 radical (unpaired) electrons. The summed E-state index contributed by atoms with van der Waals surface area (Å²) in [7, 11) is 0. The monoisotopic (exact) mass is 195 g/mol. The smallest absolute Gasteiger partial charge is 0.340 e. The van der Waals surface area contributed by atoms with E-state index in [1.807, 2.05) is 0 Å². The van der Waals surface area contributed by atoms with Crippen LogP contribution < -0.4 is 0 Å². The predicted molar refractivity (Wildman–Crippen MR) is 50.9 cm³/mol. The highest BCUT2D eigenvalue weighted by molar-refractivity contribution is 5.90. The van der Waals surface area contributed by atoms with E-state index >= 15 is 0 Å². The number of aliphatic hydroxyl groups excluding tert-OH is 1. The van der Waals surface area contributed by atoms with E-state index in [1.54, 1.807) is 19.9 Å². The Morgan fingerprint density at radius 1 is 1.64 bits per heavy atom. The van der Waals surface area contributed by atoms with Gasteiger partial charge in [0.15, 0.2) is 0 Å². The second-order valence-corrected chi connectivity index (χ2v) is 2.86. The first-order valence-corrected chi connectivity index (χ1v) is 4.42. The number of nitrogens with zero attached hydrogens (tertiary/aromatic N) is 1. The summed E-state index contributed by atoms with van der Waals surface area (Å²) in [6, 6.07) is 1.67. The van der Waals surface area contributed by atoms with Gasteiger partial charge in [-0.05, 0) is 25.5 Å². The van der Waals surface area contributed by atoms with Gasteiger partial charge in [0.2, 0.25) is 0 Å². The molecule has 14 heavy (non-hydrogen) atoms. The molecule has 0 fully saturated rings. The molecule has 0 aromatic carbocycles. The van der Waals surface area contributed by atoms with Gasteiger partial charge in [-0.15, -0.1) is 0 Å². The molecule has 1 N–H and O–H groups in total. The van der Waals surface area contributed by atoms with Gasteiger partial charge in [-0.25, -0.2) is 4.79 Å². The maximum atomic E-state index is 11.4. The molecule has 76 valence electrons. The molecule has 0 aliphatic rings. The van der Waals surface area contributed by atoms with Gasteiger partial charge in [-0.3, -0.25) is 4.98 Å². The van der Waals surface area contributed by atoms with Crippen molar-refractivity contribution < 1.29 is 14.6 Å². The lowest BCUT2D eigenvalue weighted by molar-refractivity contribution is 0.0522. The molecule has 0 spiro atoms. The molecule has 1 rings (SSSR count). The number of aromatic nitrogens is 1. The molecule has 0 amide bonds. The van der Waals surface area contributed by atoms with Crippen molar-refractivity contribution in [2.24, 2.45) is 0 Å². The van der Waals surface area contributed by atoms with Crippen molar-refractivity contribution in [2.45, 2.75) is 20.5 Å². The zero-order valence-corrected chi connectivity index (χ0v) is 8.28. The lowest BCUT2D eigenvalue weighted by Crippen LogP contribution is -2.09. The Bertz CT molecular complexity index is 336. The van der Waals surface area contributed by atoms with Gasteiger partial charge < -0.3 is 9.84 Å². The minimum absolute atomic E-state index is 0.183. The van der Waals surface area contributed by atoms with Crippen LogP contribution in [0.2, 0.25) is 0 Å². The van der Waals surface area contributed by atoms with Crippen molar-refractivity contribution in [1.29, 1.82) is 0 Å². The van der Waals surface area contributed by atoms with Crippen molar-refractivity contribution >= 4 is 5.97 Å². The zero-order chi connectivity index (χ0) is 10.6. The summed E-state index contributed by atoms with van der Waals surface area (Å²) >= 11 is 0. The van der Waals surface area contributed by atoms with Crippen LogP contribution in [0.5, 0.6) is 0 Å². The van der Waals surface area contributed by atoms with Crippen LogP contribution in [0.3, 0.4) is 0 Å². The second-order valence-electron chi connectivity index (χ2n) is 2.86. The summed E-state index contributed by atoms with van der Waals surface area (Å²) in [5.74, 6) is -0.441. The molecule has 0 unspecified atom stereocenters. The minimum atomic E-state index is -0.441.